The van der Waals surface area contributed by atoms with Gasteiger partial charge in [-0.05, 0) is 32.0 Å². The van der Waals surface area contributed by atoms with Crippen LogP contribution in [0.2, 0.25) is 0 Å². The molecule has 1 N–H and O–H groups in total. The van der Waals surface area contributed by atoms with Crippen molar-refractivity contribution in [2.24, 2.45) is 0 Å². The second-order valence-corrected chi connectivity index (χ2v) is 5.32. The van der Waals surface area contributed by atoms with Crippen molar-refractivity contribution in [2.75, 3.05) is 13.6 Å². The van der Waals surface area contributed by atoms with Crippen LogP contribution in [0, 0.1) is 0 Å². The largest absolute Gasteiger partial charge is 0.391 e. The normalized spacial score (nSPS) is 25.1. The van der Waals surface area contributed by atoms with Crippen molar-refractivity contribution in [1.29, 1.82) is 0 Å². The zero-order valence-electron chi connectivity index (χ0n) is 11.3. The molecule has 2 atom stereocenters. The van der Waals surface area contributed by atoms with Crippen LogP contribution in [-0.4, -0.2) is 40.7 Å². The van der Waals surface area contributed by atoms with E-state index >= 15 is 0 Å². The molecular formula is C15H24N2O. The van der Waals surface area contributed by atoms with Crippen LogP contribution in [0.1, 0.15) is 37.8 Å². The monoisotopic (exact) mass is 248 g/mol. The summed E-state index contributed by atoms with van der Waals surface area (Å²) in [5.74, 6) is 0. The minimum absolute atomic E-state index is 0.152. The first-order chi connectivity index (χ1) is 8.77. The molecule has 0 saturated heterocycles. The van der Waals surface area contributed by atoms with Gasteiger partial charge in [0.15, 0.2) is 0 Å². The van der Waals surface area contributed by atoms with Crippen LogP contribution in [0.15, 0.2) is 24.4 Å². The molecule has 1 aliphatic carbocycles. The lowest BCUT2D eigenvalue weighted by Crippen LogP contribution is -2.41. The minimum atomic E-state index is -0.152. The van der Waals surface area contributed by atoms with Crippen molar-refractivity contribution >= 4 is 0 Å². The van der Waals surface area contributed by atoms with Gasteiger partial charge >= 0.3 is 0 Å². The maximum absolute atomic E-state index is 10.2. The maximum Gasteiger partial charge on any atom is 0.0695 e. The summed E-state index contributed by atoms with van der Waals surface area (Å²) >= 11 is 0. The van der Waals surface area contributed by atoms with Crippen molar-refractivity contribution in [3.63, 3.8) is 0 Å². The van der Waals surface area contributed by atoms with Crippen molar-refractivity contribution in [2.45, 2.75) is 50.7 Å². The van der Waals surface area contributed by atoms with Crippen molar-refractivity contribution in [1.82, 2.24) is 9.88 Å². The molecule has 18 heavy (non-hydrogen) atoms. The van der Waals surface area contributed by atoms with E-state index in [-0.39, 0.29) is 6.10 Å². The Morgan fingerprint density at radius 2 is 2.11 bits per heavy atom. The Kier molecular flexibility index (Phi) is 5.14. The summed E-state index contributed by atoms with van der Waals surface area (Å²) in [6, 6.07) is 6.37. The van der Waals surface area contributed by atoms with E-state index in [9.17, 15) is 5.11 Å². The van der Waals surface area contributed by atoms with Gasteiger partial charge in [0, 0.05) is 30.9 Å². The number of pyridine rings is 1. The predicted octanol–water partition coefficient (Wildman–Crippen LogP) is 2.25. The molecule has 100 valence electrons. The van der Waals surface area contributed by atoms with Crippen LogP contribution in [0.3, 0.4) is 0 Å². The van der Waals surface area contributed by atoms with Crippen LogP contribution in [0.5, 0.6) is 0 Å². The number of hydrogen-bond donors (Lipinski definition) is 1. The highest BCUT2D eigenvalue weighted by atomic mass is 16.3. The summed E-state index contributed by atoms with van der Waals surface area (Å²) in [7, 11) is 2.13. The van der Waals surface area contributed by atoms with Gasteiger partial charge in [-0.2, -0.15) is 0 Å². The van der Waals surface area contributed by atoms with Gasteiger partial charge in [-0.15, -0.1) is 0 Å². The van der Waals surface area contributed by atoms with E-state index < -0.39 is 0 Å². The van der Waals surface area contributed by atoms with Gasteiger partial charge in [0.2, 0.25) is 0 Å². The smallest absolute Gasteiger partial charge is 0.0695 e. The minimum Gasteiger partial charge on any atom is -0.391 e. The highest BCUT2D eigenvalue weighted by molar-refractivity contribution is 5.03. The third kappa shape index (κ3) is 3.79. The SMILES string of the molecule is CN(CCc1ccccn1)C1CCCCCC1O. The van der Waals surface area contributed by atoms with Crippen LogP contribution in [-0.2, 0) is 6.42 Å². The van der Waals surface area contributed by atoms with E-state index in [1.54, 1.807) is 0 Å². The average molecular weight is 248 g/mol. The zero-order chi connectivity index (χ0) is 12.8. The second-order valence-electron chi connectivity index (χ2n) is 5.32. The van der Waals surface area contributed by atoms with Gasteiger partial charge in [-0.3, -0.25) is 4.98 Å². The fraction of sp³-hybridized carbons (Fsp3) is 0.667. The number of hydrogen-bond acceptors (Lipinski definition) is 3. The van der Waals surface area contributed by atoms with Gasteiger partial charge in [0.25, 0.3) is 0 Å². The van der Waals surface area contributed by atoms with Gasteiger partial charge in [0.1, 0.15) is 0 Å². The summed E-state index contributed by atoms with van der Waals surface area (Å²) < 4.78 is 0. The molecule has 1 heterocycles. The second kappa shape index (κ2) is 6.86. The molecule has 1 fully saturated rings. The molecule has 0 amide bonds. The third-order valence-corrected chi connectivity index (χ3v) is 3.96. The van der Waals surface area contributed by atoms with Gasteiger partial charge in [-0.1, -0.05) is 25.3 Å². The van der Waals surface area contributed by atoms with Crippen LogP contribution < -0.4 is 0 Å². The van der Waals surface area contributed by atoms with Crippen molar-refractivity contribution in [3.8, 4) is 0 Å². The molecule has 2 unspecified atom stereocenters. The first-order valence-corrected chi connectivity index (χ1v) is 7.05. The zero-order valence-corrected chi connectivity index (χ0v) is 11.3. The summed E-state index contributed by atoms with van der Waals surface area (Å²) in [5, 5.41) is 10.2. The fourth-order valence-corrected chi connectivity index (χ4v) is 2.79. The Balaban J connectivity index is 1.84. The molecule has 1 saturated carbocycles. The van der Waals surface area contributed by atoms with Crippen LogP contribution in [0.4, 0.5) is 0 Å². The molecular weight excluding hydrogens is 224 g/mol. The molecule has 0 spiro atoms. The van der Waals surface area contributed by atoms with Crippen molar-refractivity contribution < 1.29 is 5.11 Å². The van der Waals surface area contributed by atoms with Crippen LogP contribution >= 0.6 is 0 Å². The molecule has 1 aromatic heterocycles. The fourth-order valence-electron chi connectivity index (χ4n) is 2.79. The summed E-state index contributed by atoms with van der Waals surface area (Å²) in [6.45, 7) is 0.971. The third-order valence-electron chi connectivity index (χ3n) is 3.96. The number of aromatic nitrogens is 1. The number of nitrogens with zero attached hydrogens (tertiary/aromatic N) is 2. The molecule has 1 aliphatic rings. The van der Waals surface area contributed by atoms with E-state index in [2.05, 4.69) is 23.0 Å². The molecule has 1 aromatic rings. The Morgan fingerprint density at radius 3 is 2.89 bits per heavy atom. The Labute approximate surface area is 110 Å². The number of likely N-dealkylation sites (N-methyl/N-ethyl adjacent to an activating group) is 1. The topological polar surface area (TPSA) is 36.4 Å². The quantitative estimate of drug-likeness (QED) is 0.830. The molecule has 3 nitrogen and oxygen atoms in total. The molecule has 0 radical (unpaired) electrons. The molecule has 2 rings (SSSR count). The summed E-state index contributed by atoms with van der Waals surface area (Å²) in [4.78, 5) is 6.65. The summed E-state index contributed by atoms with van der Waals surface area (Å²) in [5.41, 5.74) is 1.13. The van der Waals surface area contributed by atoms with E-state index in [1.165, 1.54) is 19.3 Å². The molecule has 0 aliphatic heterocycles. The van der Waals surface area contributed by atoms with Crippen molar-refractivity contribution in [3.05, 3.63) is 30.1 Å². The first kappa shape index (κ1) is 13.5. The van der Waals surface area contributed by atoms with E-state index in [1.807, 2.05) is 18.3 Å². The predicted molar refractivity (Wildman–Crippen MR) is 73.5 cm³/mol. The first-order valence-electron chi connectivity index (χ1n) is 7.05. The van der Waals surface area contributed by atoms with E-state index in [0.717, 1.165) is 31.5 Å². The highest BCUT2D eigenvalue weighted by Gasteiger charge is 2.24. The lowest BCUT2D eigenvalue weighted by atomic mass is 10.0. The molecule has 3 heteroatoms. The standard InChI is InChI=1S/C15H24N2O/c1-17(12-10-13-7-5-6-11-16-13)14-8-3-2-4-9-15(14)18/h5-7,11,14-15,18H,2-4,8-10,12H2,1H3. The highest BCUT2D eigenvalue weighted by Crippen LogP contribution is 2.21. The maximum atomic E-state index is 10.2. The van der Waals surface area contributed by atoms with E-state index in [0.29, 0.717) is 6.04 Å². The van der Waals surface area contributed by atoms with Crippen LogP contribution in [0.25, 0.3) is 0 Å². The lowest BCUT2D eigenvalue weighted by Gasteiger charge is -2.30. The van der Waals surface area contributed by atoms with E-state index in [4.69, 9.17) is 0 Å². The van der Waals surface area contributed by atoms with Gasteiger partial charge in [-0.25, -0.2) is 0 Å². The Morgan fingerprint density at radius 1 is 1.28 bits per heavy atom. The number of aliphatic hydroxyl groups excluding tert-OH is 1. The summed E-state index contributed by atoms with van der Waals surface area (Å²) in [6.07, 6.45) is 8.42. The lowest BCUT2D eigenvalue weighted by molar-refractivity contribution is 0.0585. The Hall–Kier alpha value is -0.930. The van der Waals surface area contributed by atoms with Gasteiger partial charge < -0.3 is 10.0 Å². The Bertz CT molecular complexity index is 342. The molecule has 0 aromatic carbocycles. The number of aliphatic hydroxyl groups is 1. The average Bonchev–Trinajstić information content (AvgIpc) is 2.62. The number of rotatable bonds is 4. The molecule has 0 bridgehead atoms. The van der Waals surface area contributed by atoms with Gasteiger partial charge in [0.05, 0.1) is 6.10 Å².